The summed E-state index contributed by atoms with van der Waals surface area (Å²) in [5.41, 5.74) is 4.35. The molecule has 5 nitrogen and oxygen atoms in total. The maximum absolute atomic E-state index is 12.7. The van der Waals surface area contributed by atoms with Crippen LogP contribution in [0.2, 0.25) is 0 Å². The van der Waals surface area contributed by atoms with Crippen molar-refractivity contribution in [2.45, 2.75) is 23.4 Å². The molecule has 0 unspecified atom stereocenters. The molecule has 0 fully saturated rings. The van der Waals surface area contributed by atoms with Gasteiger partial charge in [0.1, 0.15) is 5.25 Å². The van der Waals surface area contributed by atoms with E-state index in [0.717, 1.165) is 21.2 Å². The number of aryl methyl sites for hydroxylation is 2. The lowest BCUT2D eigenvalue weighted by Gasteiger charge is -2.19. The van der Waals surface area contributed by atoms with E-state index in [2.05, 4.69) is 41.5 Å². The van der Waals surface area contributed by atoms with Crippen LogP contribution in [-0.4, -0.2) is 35.1 Å². The molecular weight excluding hydrogens is 376 g/mol. The fourth-order valence-corrected chi connectivity index (χ4v) is 4.70. The number of carbonyl (C=O) groups is 1. The molecule has 1 aromatic heterocycles. The summed E-state index contributed by atoms with van der Waals surface area (Å²) in [6.45, 7) is 4.13. The molecule has 0 spiro atoms. The van der Waals surface area contributed by atoms with Crippen molar-refractivity contribution in [3.8, 4) is 0 Å². The number of rotatable bonds is 6. The number of aromatic nitrogens is 2. The Labute approximate surface area is 167 Å². The Hall–Kier alpha value is -2.38. The zero-order valence-electron chi connectivity index (χ0n) is 15.8. The smallest absolute Gasteiger partial charge is 0.240 e. The molecule has 1 atom stereocenters. The standard InChI is InChI=1S/C20H22N4OS2/c1-13-10-11-16(14(2)12-13)21-19-22-23-20(27-19)26-17(18(25)24(3)4)15-8-6-5-7-9-15/h5-12,17H,1-4H3,(H,21,22)/t17-/m1/s1. The van der Waals surface area contributed by atoms with Crippen LogP contribution in [0.15, 0.2) is 52.9 Å². The zero-order valence-corrected chi connectivity index (χ0v) is 17.4. The Morgan fingerprint density at radius 3 is 2.52 bits per heavy atom. The molecule has 27 heavy (non-hydrogen) atoms. The van der Waals surface area contributed by atoms with Crippen molar-refractivity contribution in [3.63, 3.8) is 0 Å². The highest BCUT2D eigenvalue weighted by Crippen LogP contribution is 2.39. The van der Waals surface area contributed by atoms with E-state index in [9.17, 15) is 4.79 Å². The molecule has 3 aromatic rings. The van der Waals surface area contributed by atoms with Crippen LogP contribution in [0, 0.1) is 13.8 Å². The van der Waals surface area contributed by atoms with Crippen LogP contribution in [-0.2, 0) is 4.79 Å². The van der Waals surface area contributed by atoms with Crippen molar-refractivity contribution in [2.24, 2.45) is 0 Å². The van der Waals surface area contributed by atoms with E-state index in [1.54, 1.807) is 19.0 Å². The molecule has 0 aliphatic heterocycles. The van der Waals surface area contributed by atoms with Crippen molar-refractivity contribution in [1.82, 2.24) is 15.1 Å². The summed E-state index contributed by atoms with van der Waals surface area (Å²) in [6, 6.07) is 16.0. The van der Waals surface area contributed by atoms with E-state index in [1.807, 2.05) is 36.4 Å². The number of hydrogen-bond acceptors (Lipinski definition) is 6. The second kappa shape index (κ2) is 8.54. The maximum Gasteiger partial charge on any atom is 0.240 e. The van der Waals surface area contributed by atoms with Crippen LogP contribution < -0.4 is 5.32 Å². The first-order chi connectivity index (χ1) is 12.9. The first-order valence-electron chi connectivity index (χ1n) is 8.54. The molecule has 0 aliphatic rings. The topological polar surface area (TPSA) is 58.1 Å². The number of nitrogens with one attached hydrogen (secondary N) is 1. The van der Waals surface area contributed by atoms with E-state index in [4.69, 9.17) is 0 Å². The van der Waals surface area contributed by atoms with E-state index in [-0.39, 0.29) is 11.2 Å². The SMILES string of the molecule is Cc1ccc(Nc2nnc(S[C@@H](C(=O)N(C)C)c3ccccc3)s2)c(C)c1. The fourth-order valence-electron chi connectivity index (χ4n) is 2.60. The molecule has 1 heterocycles. The van der Waals surface area contributed by atoms with Gasteiger partial charge in [0.25, 0.3) is 0 Å². The number of amides is 1. The minimum Gasteiger partial charge on any atom is -0.348 e. The largest absolute Gasteiger partial charge is 0.348 e. The van der Waals surface area contributed by atoms with E-state index >= 15 is 0 Å². The van der Waals surface area contributed by atoms with Gasteiger partial charge in [-0.1, -0.05) is 71.1 Å². The lowest BCUT2D eigenvalue weighted by molar-refractivity contribution is -0.128. The fraction of sp³-hybridized carbons (Fsp3) is 0.250. The third-order valence-corrected chi connectivity index (χ3v) is 6.18. The van der Waals surface area contributed by atoms with Crippen LogP contribution in [0.25, 0.3) is 0 Å². The summed E-state index contributed by atoms with van der Waals surface area (Å²) < 4.78 is 0.756. The van der Waals surface area contributed by atoms with E-state index < -0.39 is 0 Å². The van der Waals surface area contributed by atoms with Gasteiger partial charge in [-0.25, -0.2) is 0 Å². The third-order valence-electron chi connectivity index (χ3n) is 4.02. The van der Waals surface area contributed by atoms with Crippen LogP contribution >= 0.6 is 23.1 Å². The lowest BCUT2D eigenvalue weighted by atomic mass is 10.1. The van der Waals surface area contributed by atoms with Crippen molar-refractivity contribution < 1.29 is 4.79 Å². The molecular formula is C20H22N4OS2. The van der Waals surface area contributed by atoms with Gasteiger partial charge in [0, 0.05) is 19.8 Å². The first-order valence-corrected chi connectivity index (χ1v) is 10.2. The first kappa shape index (κ1) is 19.4. The molecule has 0 saturated carbocycles. The summed E-state index contributed by atoms with van der Waals surface area (Å²) in [4.78, 5) is 14.3. The van der Waals surface area contributed by atoms with Gasteiger partial charge in [-0.15, -0.1) is 10.2 Å². The third kappa shape index (κ3) is 4.87. The number of nitrogens with zero attached hydrogens (tertiary/aromatic N) is 3. The molecule has 7 heteroatoms. The highest BCUT2D eigenvalue weighted by atomic mass is 32.2. The average Bonchev–Trinajstić information content (AvgIpc) is 3.09. The maximum atomic E-state index is 12.7. The summed E-state index contributed by atoms with van der Waals surface area (Å²) in [6.07, 6.45) is 0. The summed E-state index contributed by atoms with van der Waals surface area (Å²) in [5.74, 6) is 0.0327. The molecule has 0 saturated heterocycles. The minimum atomic E-state index is -0.344. The normalized spacial score (nSPS) is 11.9. The van der Waals surface area contributed by atoms with Gasteiger partial charge in [-0.2, -0.15) is 0 Å². The van der Waals surface area contributed by atoms with Gasteiger partial charge >= 0.3 is 0 Å². The number of thioether (sulfide) groups is 1. The summed E-state index contributed by atoms with van der Waals surface area (Å²) in [5, 5.41) is 12.2. The second-order valence-corrected chi connectivity index (χ2v) is 8.79. The summed E-state index contributed by atoms with van der Waals surface area (Å²) >= 11 is 2.88. The van der Waals surface area contributed by atoms with E-state index in [0.29, 0.717) is 5.13 Å². The monoisotopic (exact) mass is 398 g/mol. The number of hydrogen-bond donors (Lipinski definition) is 1. The molecule has 2 aromatic carbocycles. The van der Waals surface area contributed by atoms with Gasteiger partial charge < -0.3 is 10.2 Å². The van der Waals surface area contributed by atoms with Gasteiger partial charge in [-0.05, 0) is 31.0 Å². The van der Waals surface area contributed by atoms with Crippen LogP contribution in [0.5, 0.6) is 0 Å². The predicted octanol–water partition coefficient (Wildman–Crippen LogP) is 4.82. The highest BCUT2D eigenvalue weighted by molar-refractivity contribution is 8.01. The van der Waals surface area contributed by atoms with Crippen molar-refractivity contribution in [1.29, 1.82) is 0 Å². The Bertz CT molecular complexity index is 925. The minimum absolute atomic E-state index is 0.0327. The Kier molecular flexibility index (Phi) is 6.13. The van der Waals surface area contributed by atoms with Crippen LogP contribution in [0.4, 0.5) is 10.8 Å². The molecule has 1 N–H and O–H groups in total. The van der Waals surface area contributed by atoms with E-state index in [1.165, 1.54) is 28.7 Å². The molecule has 1 amide bonds. The number of likely N-dealkylation sites (N-methyl/N-ethyl adjacent to an activating group) is 1. The van der Waals surface area contributed by atoms with Gasteiger partial charge in [-0.3, -0.25) is 4.79 Å². The molecule has 140 valence electrons. The quantitative estimate of drug-likeness (QED) is 0.603. The Morgan fingerprint density at radius 1 is 1.11 bits per heavy atom. The van der Waals surface area contributed by atoms with Gasteiger partial charge in [0.2, 0.25) is 11.0 Å². The number of carbonyl (C=O) groups excluding carboxylic acids is 1. The summed E-state index contributed by atoms with van der Waals surface area (Å²) in [7, 11) is 3.54. The highest BCUT2D eigenvalue weighted by Gasteiger charge is 2.25. The van der Waals surface area contributed by atoms with Crippen molar-refractivity contribution >= 4 is 39.8 Å². The average molecular weight is 399 g/mol. The molecule has 0 aliphatic carbocycles. The van der Waals surface area contributed by atoms with Crippen molar-refractivity contribution in [2.75, 3.05) is 19.4 Å². The number of anilines is 2. The number of benzene rings is 2. The zero-order chi connectivity index (χ0) is 19.4. The molecule has 0 bridgehead atoms. The second-order valence-electron chi connectivity index (χ2n) is 6.46. The molecule has 3 rings (SSSR count). The molecule has 0 radical (unpaired) electrons. The Balaban J connectivity index is 1.79. The lowest BCUT2D eigenvalue weighted by Crippen LogP contribution is -2.26. The van der Waals surface area contributed by atoms with Crippen LogP contribution in [0.3, 0.4) is 0 Å². The van der Waals surface area contributed by atoms with Gasteiger partial charge in [0.15, 0.2) is 4.34 Å². The Morgan fingerprint density at radius 2 is 1.85 bits per heavy atom. The van der Waals surface area contributed by atoms with Crippen LogP contribution in [0.1, 0.15) is 21.9 Å². The predicted molar refractivity (Wildman–Crippen MR) is 113 cm³/mol. The van der Waals surface area contributed by atoms with Gasteiger partial charge in [0.05, 0.1) is 0 Å². The van der Waals surface area contributed by atoms with Crippen molar-refractivity contribution in [3.05, 3.63) is 65.2 Å².